The van der Waals surface area contributed by atoms with Gasteiger partial charge in [0, 0.05) is 23.2 Å². The van der Waals surface area contributed by atoms with Crippen LogP contribution in [0.1, 0.15) is 23.2 Å². The largest absolute Gasteiger partial charge is 0.388 e. The zero-order valence-corrected chi connectivity index (χ0v) is 13.6. The topological polar surface area (TPSA) is 62.2 Å². The van der Waals surface area contributed by atoms with E-state index in [1.165, 1.54) is 0 Å². The molecule has 0 saturated carbocycles. The molecular weight excluding hydrogens is 320 g/mol. The van der Waals surface area contributed by atoms with Gasteiger partial charge in [-0.15, -0.1) is 0 Å². The number of nitrogens with one attached hydrogen (secondary N) is 1. The van der Waals surface area contributed by atoms with Crippen molar-refractivity contribution in [3.63, 3.8) is 0 Å². The molecule has 0 bridgehead atoms. The minimum atomic E-state index is -0.803. The molecule has 22 heavy (non-hydrogen) atoms. The summed E-state index contributed by atoms with van der Waals surface area (Å²) in [7, 11) is 0. The Morgan fingerprint density at radius 1 is 1.41 bits per heavy atom. The number of benzene rings is 1. The van der Waals surface area contributed by atoms with Gasteiger partial charge in [0.05, 0.1) is 16.7 Å². The number of amides is 1. The minimum absolute atomic E-state index is 0.252. The second kappa shape index (κ2) is 6.44. The van der Waals surface area contributed by atoms with E-state index in [0.29, 0.717) is 28.9 Å². The van der Waals surface area contributed by atoms with Gasteiger partial charge in [-0.05, 0) is 42.5 Å². The fourth-order valence-electron chi connectivity index (χ4n) is 2.60. The van der Waals surface area contributed by atoms with E-state index < -0.39 is 5.60 Å². The number of aromatic nitrogens is 1. The van der Waals surface area contributed by atoms with Crippen LogP contribution in [-0.2, 0) is 0 Å². The molecule has 0 spiro atoms. The smallest absolute Gasteiger partial charge is 0.253 e. The van der Waals surface area contributed by atoms with Crippen LogP contribution in [-0.4, -0.2) is 39.6 Å². The normalized spacial score (nSPS) is 17.4. The molecule has 1 amide bonds. The summed E-state index contributed by atoms with van der Waals surface area (Å²) in [6.45, 7) is 0.257. The molecule has 0 aliphatic carbocycles. The van der Waals surface area contributed by atoms with Gasteiger partial charge in [-0.1, -0.05) is 17.7 Å². The number of pyridine rings is 1. The molecule has 2 heterocycles. The third-order valence-corrected chi connectivity index (χ3v) is 5.12. The van der Waals surface area contributed by atoms with Gasteiger partial charge in [0.2, 0.25) is 0 Å². The molecule has 1 fully saturated rings. The Hall–Kier alpha value is -1.30. The predicted molar refractivity (Wildman–Crippen MR) is 90.6 cm³/mol. The van der Waals surface area contributed by atoms with Crippen molar-refractivity contribution >= 4 is 40.2 Å². The average Bonchev–Trinajstić information content (AvgIpc) is 2.52. The first-order valence-electron chi connectivity index (χ1n) is 7.20. The number of rotatable bonds is 3. The Morgan fingerprint density at radius 3 is 2.95 bits per heavy atom. The van der Waals surface area contributed by atoms with Gasteiger partial charge in [0.25, 0.3) is 5.91 Å². The van der Waals surface area contributed by atoms with E-state index in [-0.39, 0.29) is 12.5 Å². The van der Waals surface area contributed by atoms with Crippen LogP contribution in [0, 0.1) is 0 Å². The van der Waals surface area contributed by atoms with E-state index in [4.69, 9.17) is 11.6 Å². The second-order valence-corrected chi connectivity index (χ2v) is 7.21. The molecule has 4 nitrogen and oxygen atoms in total. The third-order valence-electron chi connectivity index (χ3n) is 3.92. The van der Waals surface area contributed by atoms with E-state index >= 15 is 0 Å². The fourth-order valence-corrected chi connectivity index (χ4v) is 4.08. The quantitative estimate of drug-likeness (QED) is 0.904. The van der Waals surface area contributed by atoms with E-state index in [0.717, 1.165) is 16.9 Å². The molecule has 0 atom stereocenters. The first kappa shape index (κ1) is 15.6. The van der Waals surface area contributed by atoms with Crippen molar-refractivity contribution in [3.05, 3.63) is 41.0 Å². The molecule has 1 aromatic heterocycles. The van der Waals surface area contributed by atoms with Crippen molar-refractivity contribution in [3.8, 4) is 0 Å². The summed E-state index contributed by atoms with van der Waals surface area (Å²) in [6.07, 6.45) is 3.05. The van der Waals surface area contributed by atoms with E-state index in [1.54, 1.807) is 18.3 Å². The number of fused-ring (bicyclic) bond motifs is 1. The fraction of sp³-hybridized carbons (Fsp3) is 0.375. The maximum Gasteiger partial charge on any atom is 0.253 e. The Labute approximate surface area is 138 Å². The first-order valence-corrected chi connectivity index (χ1v) is 8.73. The van der Waals surface area contributed by atoms with Gasteiger partial charge in [-0.3, -0.25) is 9.78 Å². The summed E-state index contributed by atoms with van der Waals surface area (Å²) < 4.78 is 0. The minimum Gasteiger partial charge on any atom is -0.388 e. The molecule has 0 radical (unpaired) electrons. The molecule has 116 valence electrons. The summed E-state index contributed by atoms with van der Waals surface area (Å²) in [5.41, 5.74) is 0.260. The van der Waals surface area contributed by atoms with Crippen LogP contribution in [0.2, 0.25) is 5.02 Å². The highest BCUT2D eigenvalue weighted by Gasteiger charge is 2.30. The summed E-state index contributed by atoms with van der Waals surface area (Å²) in [4.78, 5) is 16.7. The molecular formula is C16H17ClN2O2S. The van der Waals surface area contributed by atoms with Crippen LogP contribution >= 0.6 is 23.4 Å². The zero-order valence-electron chi connectivity index (χ0n) is 12.0. The van der Waals surface area contributed by atoms with Gasteiger partial charge in [-0.25, -0.2) is 0 Å². The number of hydrogen-bond acceptors (Lipinski definition) is 4. The lowest BCUT2D eigenvalue weighted by Crippen LogP contribution is -2.45. The standard InChI is InChI=1S/C16H17ClN2O2S/c17-12-8-11-2-1-5-18-14(11)13(9-12)15(20)19-10-16(21)3-6-22-7-4-16/h1-2,5,8-9,21H,3-4,6-7,10H2,(H,19,20). The van der Waals surface area contributed by atoms with Crippen molar-refractivity contribution < 1.29 is 9.90 Å². The van der Waals surface area contributed by atoms with Crippen molar-refractivity contribution in [2.45, 2.75) is 18.4 Å². The third kappa shape index (κ3) is 3.37. The van der Waals surface area contributed by atoms with Crippen LogP contribution in [0.4, 0.5) is 0 Å². The predicted octanol–water partition coefficient (Wildman–Crippen LogP) is 2.88. The number of carbonyl (C=O) groups is 1. The molecule has 3 rings (SSSR count). The Morgan fingerprint density at radius 2 is 2.18 bits per heavy atom. The lowest BCUT2D eigenvalue weighted by atomic mass is 9.96. The van der Waals surface area contributed by atoms with Crippen LogP contribution in [0.25, 0.3) is 10.9 Å². The molecule has 2 aromatic rings. The summed E-state index contributed by atoms with van der Waals surface area (Å²) in [5, 5.41) is 14.6. The number of halogens is 1. The highest BCUT2D eigenvalue weighted by molar-refractivity contribution is 7.99. The number of thioether (sulfide) groups is 1. The maximum absolute atomic E-state index is 12.5. The SMILES string of the molecule is O=C(NCC1(O)CCSCC1)c1cc(Cl)cc2cccnc12. The molecule has 0 unspecified atom stereocenters. The maximum atomic E-state index is 12.5. The zero-order chi connectivity index (χ0) is 15.6. The van der Waals surface area contributed by atoms with Crippen LogP contribution < -0.4 is 5.32 Å². The number of carbonyl (C=O) groups excluding carboxylic acids is 1. The van der Waals surface area contributed by atoms with Crippen LogP contribution in [0.15, 0.2) is 30.5 Å². The van der Waals surface area contributed by atoms with Crippen molar-refractivity contribution in [1.29, 1.82) is 0 Å². The molecule has 6 heteroatoms. The molecule has 1 aliphatic rings. The molecule has 2 N–H and O–H groups in total. The second-order valence-electron chi connectivity index (χ2n) is 5.55. The van der Waals surface area contributed by atoms with Crippen molar-refractivity contribution in [1.82, 2.24) is 10.3 Å². The number of nitrogens with zero attached hydrogens (tertiary/aromatic N) is 1. The highest BCUT2D eigenvalue weighted by atomic mass is 35.5. The Balaban J connectivity index is 1.80. The van der Waals surface area contributed by atoms with Crippen molar-refractivity contribution in [2.24, 2.45) is 0 Å². The Bertz CT molecular complexity index is 702. The van der Waals surface area contributed by atoms with Crippen LogP contribution in [0.3, 0.4) is 0 Å². The first-order chi connectivity index (χ1) is 10.6. The van der Waals surface area contributed by atoms with Gasteiger partial charge in [0.1, 0.15) is 0 Å². The number of aliphatic hydroxyl groups is 1. The van der Waals surface area contributed by atoms with Gasteiger partial charge >= 0.3 is 0 Å². The van der Waals surface area contributed by atoms with Gasteiger partial charge < -0.3 is 10.4 Å². The summed E-state index contributed by atoms with van der Waals surface area (Å²) in [5.74, 6) is 1.60. The van der Waals surface area contributed by atoms with E-state index in [9.17, 15) is 9.90 Å². The number of hydrogen-bond donors (Lipinski definition) is 2. The summed E-state index contributed by atoms with van der Waals surface area (Å²) in [6, 6.07) is 7.08. The average molecular weight is 337 g/mol. The van der Waals surface area contributed by atoms with E-state index in [2.05, 4.69) is 10.3 Å². The lowest BCUT2D eigenvalue weighted by Gasteiger charge is -2.31. The molecule has 1 saturated heterocycles. The highest BCUT2D eigenvalue weighted by Crippen LogP contribution is 2.27. The Kier molecular flexibility index (Phi) is 4.57. The monoisotopic (exact) mass is 336 g/mol. The van der Waals surface area contributed by atoms with Gasteiger partial charge in [0.15, 0.2) is 0 Å². The van der Waals surface area contributed by atoms with E-state index in [1.807, 2.05) is 23.9 Å². The van der Waals surface area contributed by atoms with Crippen LogP contribution in [0.5, 0.6) is 0 Å². The molecule has 1 aromatic carbocycles. The van der Waals surface area contributed by atoms with Crippen molar-refractivity contribution in [2.75, 3.05) is 18.1 Å². The summed E-state index contributed by atoms with van der Waals surface area (Å²) >= 11 is 7.92. The van der Waals surface area contributed by atoms with Gasteiger partial charge in [-0.2, -0.15) is 11.8 Å². The lowest BCUT2D eigenvalue weighted by molar-refractivity contribution is 0.0311. The molecule has 1 aliphatic heterocycles.